The van der Waals surface area contributed by atoms with Gasteiger partial charge in [-0.3, -0.25) is 4.55 Å². The van der Waals surface area contributed by atoms with Gasteiger partial charge in [0.2, 0.25) is 0 Å². The van der Waals surface area contributed by atoms with E-state index in [-0.39, 0.29) is 4.91 Å². The van der Waals surface area contributed by atoms with Crippen molar-refractivity contribution in [2.24, 2.45) is 0 Å². The maximum absolute atomic E-state index is 11.5. The molecule has 4 heteroatoms. The molecular weight excluding hydrogens is 284 g/mol. The number of rotatable bonds is 4. The maximum Gasteiger partial charge on any atom is 0.294 e. The monoisotopic (exact) mass is 300 g/mol. The minimum atomic E-state index is -4.28. The van der Waals surface area contributed by atoms with E-state index in [1.807, 2.05) is 55.5 Å². The Balaban J connectivity index is 2.42. The van der Waals surface area contributed by atoms with Gasteiger partial charge in [-0.2, -0.15) is 8.42 Å². The van der Waals surface area contributed by atoms with Crippen LogP contribution in [-0.4, -0.2) is 13.0 Å². The van der Waals surface area contributed by atoms with Crippen LogP contribution in [0.1, 0.15) is 16.7 Å². The summed E-state index contributed by atoms with van der Waals surface area (Å²) in [7, 11) is -4.28. The molecule has 0 unspecified atom stereocenters. The van der Waals surface area contributed by atoms with E-state index in [1.165, 1.54) is 12.2 Å². The van der Waals surface area contributed by atoms with Crippen molar-refractivity contribution >= 4 is 22.3 Å². The van der Waals surface area contributed by atoms with Gasteiger partial charge in [-0.1, -0.05) is 60.7 Å². The Morgan fingerprint density at radius 3 is 2.24 bits per heavy atom. The number of benzene rings is 2. The topological polar surface area (TPSA) is 54.4 Å². The molecule has 108 valence electrons. The Bertz CT molecular complexity index is 773. The molecule has 0 fully saturated rings. The fourth-order valence-corrected chi connectivity index (χ4v) is 2.37. The third-order valence-electron chi connectivity index (χ3n) is 3.02. The Morgan fingerprint density at radius 2 is 1.62 bits per heavy atom. The van der Waals surface area contributed by atoms with Crippen molar-refractivity contribution in [2.45, 2.75) is 6.92 Å². The van der Waals surface area contributed by atoms with Gasteiger partial charge in [-0.15, -0.1) is 0 Å². The molecule has 0 radical (unpaired) electrons. The maximum atomic E-state index is 11.5. The Kier molecular flexibility index (Phi) is 4.73. The van der Waals surface area contributed by atoms with Crippen molar-refractivity contribution in [3.8, 4) is 0 Å². The molecule has 3 nitrogen and oxygen atoms in total. The smallest absolute Gasteiger partial charge is 0.282 e. The third-order valence-corrected chi connectivity index (χ3v) is 3.87. The van der Waals surface area contributed by atoms with Gasteiger partial charge in [-0.25, -0.2) is 0 Å². The quantitative estimate of drug-likeness (QED) is 0.687. The van der Waals surface area contributed by atoms with Gasteiger partial charge < -0.3 is 0 Å². The zero-order valence-corrected chi connectivity index (χ0v) is 12.4. The average Bonchev–Trinajstić information content (AvgIpc) is 2.45. The van der Waals surface area contributed by atoms with E-state index in [0.29, 0.717) is 0 Å². The summed E-state index contributed by atoms with van der Waals surface area (Å²) < 4.78 is 32.4. The molecule has 1 N–H and O–H groups in total. The van der Waals surface area contributed by atoms with Gasteiger partial charge in [0.25, 0.3) is 10.1 Å². The summed E-state index contributed by atoms with van der Waals surface area (Å²) in [4.78, 5) is -0.138. The van der Waals surface area contributed by atoms with Gasteiger partial charge in [-0.05, 0) is 35.8 Å². The molecule has 0 aliphatic heterocycles. The molecule has 0 aliphatic rings. The lowest BCUT2D eigenvalue weighted by Gasteiger charge is -2.02. The van der Waals surface area contributed by atoms with E-state index >= 15 is 0 Å². The van der Waals surface area contributed by atoms with Crippen molar-refractivity contribution in [2.75, 3.05) is 0 Å². The number of hydrogen-bond donors (Lipinski definition) is 1. The second-order valence-electron chi connectivity index (χ2n) is 4.62. The molecule has 0 atom stereocenters. The summed E-state index contributed by atoms with van der Waals surface area (Å²) in [5.41, 5.74) is 2.55. The lowest BCUT2D eigenvalue weighted by Crippen LogP contribution is -1.99. The normalized spacial score (nSPS) is 12.8. The van der Waals surface area contributed by atoms with Crippen LogP contribution in [0.4, 0.5) is 0 Å². The molecule has 0 amide bonds. The second kappa shape index (κ2) is 6.52. The highest BCUT2D eigenvalue weighted by molar-refractivity contribution is 7.90. The molecule has 0 aromatic heterocycles. The van der Waals surface area contributed by atoms with Gasteiger partial charge in [0.1, 0.15) is 0 Å². The summed E-state index contributed by atoms with van der Waals surface area (Å²) in [6.07, 6.45) is 4.51. The highest BCUT2D eigenvalue weighted by Crippen LogP contribution is 2.17. The predicted octanol–water partition coefficient (Wildman–Crippen LogP) is 3.94. The van der Waals surface area contributed by atoms with Crippen molar-refractivity contribution in [3.05, 3.63) is 82.3 Å². The second-order valence-corrected chi connectivity index (χ2v) is 6.04. The molecule has 2 aromatic carbocycles. The van der Waals surface area contributed by atoms with Crippen LogP contribution in [0, 0.1) is 6.92 Å². The van der Waals surface area contributed by atoms with E-state index in [2.05, 4.69) is 0 Å². The van der Waals surface area contributed by atoms with Crippen LogP contribution in [0.2, 0.25) is 0 Å². The van der Waals surface area contributed by atoms with Crippen LogP contribution in [0.5, 0.6) is 0 Å². The molecule has 0 spiro atoms. The van der Waals surface area contributed by atoms with Crippen molar-refractivity contribution in [3.63, 3.8) is 0 Å². The molecule has 0 heterocycles. The molecule has 2 aromatic rings. The van der Waals surface area contributed by atoms with E-state index in [9.17, 15) is 13.0 Å². The number of allylic oxidation sites excluding steroid dienone is 1. The van der Waals surface area contributed by atoms with Gasteiger partial charge in [0.05, 0.1) is 4.91 Å². The van der Waals surface area contributed by atoms with Crippen LogP contribution in [0.15, 0.2) is 65.6 Å². The first-order valence-corrected chi connectivity index (χ1v) is 7.89. The molecule has 0 saturated heterocycles. The van der Waals surface area contributed by atoms with Crippen LogP contribution in [0.25, 0.3) is 12.2 Å². The summed E-state index contributed by atoms with van der Waals surface area (Å²) >= 11 is 0. The minimum Gasteiger partial charge on any atom is -0.282 e. The van der Waals surface area contributed by atoms with Gasteiger partial charge in [0.15, 0.2) is 0 Å². The van der Waals surface area contributed by atoms with Crippen LogP contribution in [-0.2, 0) is 10.1 Å². The van der Waals surface area contributed by atoms with E-state index in [0.717, 1.165) is 16.7 Å². The molecule has 0 bridgehead atoms. The first-order valence-electron chi connectivity index (χ1n) is 6.45. The van der Waals surface area contributed by atoms with E-state index in [1.54, 1.807) is 12.1 Å². The largest absolute Gasteiger partial charge is 0.294 e. The molecule has 21 heavy (non-hydrogen) atoms. The summed E-state index contributed by atoms with van der Waals surface area (Å²) in [6.45, 7) is 1.88. The molecule has 2 rings (SSSR count). The van der Waals surface area contributed by atoms with Crippen LogP contribution >= 0.6 is 0 Å². The fraction of sp³-hybridized carbons (Fsp3) is 0.0588. The van der Waals surface area contributed by atoms with Crippen LogP contribution in [0.3, 0.4) is 0 Å². The molecule has 0 saturated carbocycles. The van der Waals surface area contributed by atoms with Crippen LogP contribution < -0.4 is 0 Å². The van der Waals surface area contributed by atoms with E-state index < -0.39 is 10.1 Å². The first-order chi connectivity index (χ1) is 9.97. The zero-order valence-electron chi connectivity index (χ0n) is 11.6. The molecular formula is C17H16O3S. The van der Waals surface area contributed by atoms with Crippen molar-refractivity contribution < 1.29 is 13.0 Å². The van der Waals surface area contributed by atoms with Gasteiger partial charge in [0, 0.05) is 0 Å². The SMILES string of the molecule is Cc1ccccc1C=C(C=Cc1ccccc1)S(=O)(=O)O. The highest BCUT2D eigenvalue weighted by Gasteiger charge is 2.11. The predicted molar refractivity (Wildman–Crippen MR) is 86.2 cm³/mol. The summed E-state index contributed by atoms with van der Waals surface area (Å²) in [6, 6.07) is 16.7. The first kappa shape index (κ1) is 15.2. The summed E-state index contributed by atoms with van der Waals surface area (Å²) in [5.74, 6) is 0. The third kappa shape index (κ3) is 4.41. The Morgan fingerprint density at radius 1 is 1.00 bits per heavy atom. The lowest BCUT2D eigenvalue weighted by atomic mass is 10.1. The van der Waals surface area contributed by atoms with Gasteiger partial charge >= 0.3 is 0 Å². The highest BCUT2D eigenvalue weighted by atomic mass is 32.2. The minimum absolute atomic E-state index is 0.138. The zero-order chi connectivity index (χ0) is 15.3. The molecule has 0 aliphatic carbocycles. The lowest BCUT2D eigenvalue weighted by molar-refractivity contribution is 0.492. The standard InChI is InChI=1S/C17H16O3S/c1-14-7-5-6-10-16(14)13-17(21(18,19)20)12-11-15-8-3-2-4-9-15/h2-13H,1H3,(H,18,19,20). The van der Waals surface area contributed by atoms with Crippen molar-refractivity contribution in [1.82, 2.24) is 0 Å². The van der Waals surface area contributed by atoms with E-state index in [4.69, 9.17) is 0 Å². The number of aryl methyl sites for hydroxylation is 1. The Labute approximate surface area is 125 Å². The summed E-state index contributed by atoms with van der Waals surface area (Å²) in [5, 5.41) is 0. The fourth-order valence-electron chi connectivity index (χ4n) is 1.85. The van der Waals surface area contributed by atoms with Crippen molar-refractivity contribution in [1.29, 1.82) is 0 Å². The average molecular weight is 300 g/mol. The number of hydrogen-bond acceptors (Lipinski definition) is 2. The Hall–Kier alpha value is -2.17.